The topological polar surface area (TPSA) is 87.2 Å². The molecule has 0 spiro atoms. The van der Waals surface area contributed by atoms with E-state index >= 15 is 0 Å². The molecule has 1 aliphatic rings. The summed E-state index contributed by atoms with van der Waals surface area (Å²) in [5, 5.41) is 11.5. The number of nitrogens with zero attached hydrogens (tertiary/aromatic N) is 1. The molecule has 8 heteroatoms. The number of H-pyrrole nitrogens is 1. The summed E-state index contributed by atoms with van der Waals surface area (Å²) < 4.78 is 18.6. The second-order valence-corrected chi connectivity index (χ2v) is 4.74. The summed E-state index contributed by atoms with van der Waals surface area (Å²) in [6.07, 6.45) is 0.776. The summed E-state index contributed by atoms with van der Waals surface area (Å²) >= 11 is 1.49. The fourth-order valence-corrected chi connectivity index (χ4v) is 2.38. The molecular formula is C9H12FN3O3S. The highest BCUT2D eigenvalue weighted by Gasteiger charge is 2.22. The molecule has 1 saturated heterocycles. The Balaban J connectivity index is 1.97. The molecule has 0 aliphatic carbocycles. The van der Waals surface area contributed by atoms with Crippen molar-refractivity contribution >= 4 is 17.6 Å². The fraction of sp³-hybridized carbons (Fsp3) is 0.556. The van der Waals surface area contributed by atoms with Gasteiger partial charge in [0.2, 0.25) is 0 Å². The Labute approximate surface area is 101 Å². The zero-order chi connectivity index (χ0) is 12.3. The van der Waals surface area contributed by atoms with E-state index in [1.54, 1.807) is 0 Å². The zero-order valence-corrected chi connectivity index (χ0v) is 9.67. The first-order valence-corrected chi connectivity index (χ1v) is 6.09. The molecule has 1 aromatic heterocycles. The number of hydrogen-bond donors (Lipinski definition) is 3. The van der Waals surface area contributed by atoms with Gasteiger partial charge in [0.05, 0.1) is 24.7 Å². The third-order valence-corrected chi connectivity index (χ3v) is 3.45. The summed E-state index contributed by atoms with van der Waals surface area (Å²) in [7, 11) is 0. The Morgan fingerprint density at radius 3 is 3.24 bits per heavy atom. The van der Waals surface area contributed by atoms with Crippen molar-refractivity contribution in [3.05, 3.63) is 22.5 Å². The van der Waals surface area contributed by atoms with Gasteiger partial charge in [0, 0.05) is 11.9 Å². The van der Waals surface area contributed by atoms with Crippen molar-refractivity contribution in [3.8, 4) is 0 Å². The molecule has 6 nitrogen and oxygen atoms in total. The highest BCUT2D eigenvalue weighted by molar-refractivity contribution is 8.00. The normalized spacial score (nSPS) is 24.6. The fourth-order valence-electron chi connectivity index (χ4n) is 1.37. The molecule has 17 heavy (non-hydrogen) atoms. The van der Waals surface area contributed by atoms with E-state index in [-0.39, 0.29) is 23.9 Å². The van der Waals surface area contributed by atoms with E-state index in [0.29, 0.717) is 12.4 Å². The number of ether oxygens (including phenoxy) is 1. The Morgan fingerprint density at radius 2 is 2.59 bits per heavy atom. The van der Waals surface area contributed by atoms with Gasteiger partial charge in [-0.2, -0.15) is 4.98 Å². The van der Waals surface area contributed by atoms with Crippen molar-refractivity contribution in [1.29, 1.82) is 0 Å². The molecule has 1 aromatic rings. The van der Waals surface area contributed by atoms with E-state index in [4.69, 9.17) is 9.84 Å². The van der Waals surface area contributed by atoms with Gasteiger partial charge in [0.15, 0.2) is 11.6 Å². The number of nitrogens with one attached hydrogen (secondary N) is 2. The lowest BCUT2D eigenvalue weighted by molar-refractivity contribution is 0.0249. The van der Waals surface area contributed by atoms with Crippen LogP contribution in [-0.4, -0.2) is 45.5 Å². The second-order valence-electron chi connectivity index (χ2n) is 3.51. The van der Waals surface area contributed by atoms with Crippen LogP contribution < -0.4 is 11.0 Å². The van der Waals surface area contributed by atoms with Crippen molar-refractivity contribution in [3.63, 3.8) is 0 Å². The van der Waals surface area contributed by atoms with E-state index in [1.807, 2.05) is 0 Å². The summed E-state index contributed by atoms with van der Waals surface area (Å²) in [4.78, 5) is 16.6. The van der Waals surface area contributed by atoms with Crippen LogP contribution in [0, 0.1) is 5.82 Å². The minimum atomic E-state index is -0.616. The number of thioether (sulfide) groups is 1. The standard InChI is InChI=1S/C9H12FN3O3S/c10-6-1-11-9(15)13-8(6)12-7-3-16-5(2-14)4-17-7/h1,5,7,14H,2-4H2,(H2,11,12,13,15). The van der Waals surface area contributed by atoms with E-state index in [9.17, 15) is 9.18 Å². The van der Waals surface area contributed by atoms with Crippen LogP contribution in [0.15, 0.2) is 11.0 Å². The summed E-state index contributed by atoms with van der Waals surface area (Å²) in [6.45, 7) is 0.293. The molecule has 0 bridgehead atoms. The molecule has 2 rings (SSSR count). The first-order chi connectivity index (χ1) is 8.19. The Kier molecular flexibility index (Phi) is 3.97. The Hall–Kier alpha value is -1.12. The molecule has 2 unspecified atom stereocenters. The molecular weight excluding hydrogens is 249 g/mol. The maximum Gasteiger partial charge on any atom is 0.347 e. The number of anilines is 1. The lowest BCUT2D eigenvalue weighted by Gasteiger charge is -2.28. The largest absolute Gasteiger partial charge is 0.394 e. The molecule has 2 heterocycles. The van der Waals surface area contributed by atoms with Crippen LogP contribution in [0.2, 0.25) is 0 Å². The number of rotatable bonds is 3. The van der Waals surface area contributed by atoms with Gasteiger partial charge in [0.1, 0.15) is 0 Å². The van der Waals surface area contributed by atoms with Crippen LogP contribution in [-0.2, 0) is 4.74 Å². The molecule has 1 fully saturated rings. The highest BCUT2D eigenvalue weighted by Crippen LogP contribution is 2.22. The lowest BCUT2D eigenvalue weighted by Crippen LogP contribution is -2.36. The van der Waals surface area contributed by atoms with E-state index in [0.717, 1.165) is 6.20 Å². The van der Waals surface area contributed by atoms with Crippen LogP contribution in [0.25, 0.3) is 0 Å². The summed E-state index contributed by atoms with van der Waals surface area (Å²) in [6, 6.07) is 0. The van der Waals surface area contributed by atoms with Gasteiger partial charge in [-0.25, -0.2) is 9.18 Å². The van der Waals surface area contributed by atoms with Crippen LogP contribution in [0.5, 0.6) is 0 Å². The molecule has 1 aliphatic heterocycles. The maximum atomic E-state index is 13.3. The average Bonchev–Trinajstić information content (AvgIpc) is 2.35. The van der Waals surface area contributed by atoms with E-state index in [2.05, 4.69) is 15.3 Å². The second kappa shape index (κ2) is 5.48. The van der Waals surface area contributed by atoms with E-state index in [1.165, 1.54) is 11.8 Å². The van der Waals surface area contributed by atoms with Gasteiger partial charge in [-0.05, 0) is 0 Å². The maximum absolute atomic E-state index is 13.3. The van der Waals surface area contributed by atoms with Crippen molar-refractivity contribution in [2.75, 3.05) is 24.3 Å². The van der Waals surface area contributed by atoms with Gasteiger partial charge in [-0.15, -0.1) is 11.8 Å². The predicted molar refractivity (Wildman–Crippen MR) is 61.5 cm³/mol. The third kappa shape index (κ3) is 3.18. The minimum absolute atomic E-state index is 0.0304. The van der Waals surface area contributed by atoms with Crippen molar-refractivity contribution < 1.29 is 14.2 Å². The van der Waals surface area contributed by atoms with Gasteiger partial charge < -0.3 is 20.1 Å². The highest BCUT2D eigenvalue weighted by atomic mass is 32.2. The van der Waals surface area contributed by atoms with Crippen molar-refractivity contribution in [2.24, 2.45) is 0 Å². The molecule has 94 valence electrons. The minimum Gasteiger partial charge on any atom is -0.394 e. The molecule has 2 atom stereocenters. The lowest BCUT2D eigenvalue weighted by atomic mass is 10.4. The summed E-state index contributed by atoms with van der Waals surface area (Å²) in [5.74, 6) is -0.0920. The van der Waals surface area contributed by atoms with Gasteiger partial charge >= 0.3 is 5.69 Å². The first kappa shape index (κ1) is 12.3. The number of halogens is 1. The Bertz CT molecular complexity index is 434. The van der Waals surface area contributed by atoms with Crippen LogP contribution >= 0.6 is 11.8 Å². The van der Waals surface area contributed by atoms with Gasteiger partial charge in [0.25, 0.3) is 0 Å². The summed E-state index contributed by atoms with van der Waals surface area (Å²) in [5.41, 5.74) is -0.608. The van der Waals surface area contributed by atoms with E-state index < -0.39 is 11.5 Å². The monoisotopic (exact) mass is 261 g/mol. The number of aliphatic hydroxyl groups is 1. The van der Waals surface area contributed by atoms with Crippen LogP contribution in [0.1, 0.15) is 0 Å². The molecule has 0 amide bonds. The SMILES string of the molecule is O=c1nc(NC2COC(CO)CS2)c(F)c[nH]1. The van der Waals surface area contributed by atoms with Gasteiger partial charge in [-0.3, -0.25) is 0 Å². The zero-order valence-electron chi connectivity index (χ0n) is 8.85. The Morgan fingerprint density at radius 1 is 1.76 bits per heavy atom. The molecule has 3 N–H and O–H groups in total. The van der Waals surface area contributed by atoms with Crippen molar-refractivity contribution in [2.45, 2.75) is 11.5 Å². The molecule has 0 saturated carbocycles. The van der Waals surface area contributed by atoms with Crippen LogP contribution in [0.4, 0.5) is 10.2 Å². The predicted octanol–water partition coefficient (Wildman–Crippen LogP) is -0.229. The quantitative estimate of drug-likeness (QED) is 0.697. The third-order valence-electron chi connectivity index (χ3n) is 2.23. The number of aromatic nitrogens is 2. The number of aromatic amines is 1. The smallest absolute Gasteiger partial charge is 0.347 e. The first-order valence-electron chi connectivity index (χ1n) is 5.05. The number of aliphatic hydroxyl groups excluding tert-OH is 1. The average molecular weight is 261 g/mol. The molecule has 0 aromatic carbocycles. The number of hydrogen-bond acceptors (Lipinski definition) is 6. The van der Waals surface area contributed by atoms with Crippen LogP contribution in [0.3, 0.4) is 0 Å². The van der Waals surface area contributed by atoms with Crippen molar-refractivity contribution in [1.82, 2.24) is 9.97 Å². The van der Waals surface area contributed by atoms with Gasteiger partial charge in [-0.1, -0.05) is 0 Å². The molecule has 0 radical (unpaired) electrons.